The van der Waals surface area contributed by atoms with Gasteiger partial charge < -0.3 is 18.8 Å². The lowest BCUT2D eigenvalue weighted by atomic mass is 9.98. The zero-order valence-corrected chi connectivity index (χ0v) is 22.5. The van der Waals surface area contributed by atoms with E-state index in [4.69, 9.17) is 20.5 Å². The second kappa shape index (κ2) is 10.2. The molecule has 1 aliphatic carbocycles. The fourth-order valence-electron chi connectivity index (χ4n) is 5.29. The van der Waals surface area contributed by atoms with Gasteiger partial charge in [-0.1, -0.05) is 6.07 Å². The summed E-state index contributed by atoms with van der Waals surface area (Å²) in [4.78, 5) is 22.4. The van der Waals surface area contributed by atoms with Crippen molar-refractivity contribution in [3.8, 4) is 28.2 Å². The molecule has 7 nitrogen and oxygen atoms in total. The summed E-state index contributed by atoms with van der Waals surface area (Å²) in [7, 11) is 3.49. The Morgan fingerprint density at radius 2 is 1.85 bits per heavy atom. The van der Waals surface area contributed by atoms with Crippen LogP contribution < -0.4 is 4.74 Å². The number of aromatic nitrogens is 1. The van der Waals surface area contributed by atoms with Crippen LogP contribution in [0, 0.1) is 13.5 Å². The molecule has 1 amide bonds. The maximum absolute atomic E-state index is 12.4. The highest BCUT2D eigenvalue weighted by atomic mass is 16.5. The minimum Gasteiger partial charge on any atom is -0.501 e. The Labute approximate surface area is 228 Å². The quantitative estimate of drug-likeness (QED) is 0.252. The lowest BCUT2D eigenvalue weighted by molar-refractivity contribution is 0.0255. The van der Waals surface area contributed by atoms with E-state index in [0.29, 0.717) is 41.7 Å². The van der Waals surface area contributed by atoms with Crippen molar-refractivity contribution >= 4 is 22.7 Å². The van der Waals surface area contributed by atoms with Gasteiger partial charge >= 0.3 is 0 Å². The van der Waals surface area contributed by atoms with E-state index in [9.17, 15) is 4.79 Å². The predicted octanol–water partition coefficient (Wildman–Crippen LogP) is 7.16. The van der Waals surface area contributed by atoms with Crippen molar-refractivity contribution in [3.05, 3.63) is 76.8 Å². The number of ether oxygens (including phenoxy) is 2. The standard InChI is InChI=1S/C32H31N3O4/c1-19-15-21(32(36)35(3)4)7-8-24(19)29-18-28-30(39-29)25(9-12-34-28)22-16-26(20-5-6-20)31(27(17-22)33-2)38-23-10-13-37-14-11-23/h7-9,12,15-18,20,23H,5-6,10-11,13-14H2,1,3-4H3. The summed E-state index contributed by atoms with van der Waals surface area (Å²) in [5, 5.41) is 0. The average Bonchev–Trinajstić information content (AvgIpc) is 3.70. The van der Waals surface area contributed by atoms with Gasteiger partial charge in [-0.3, -0.25) is 9.78 Å². The highest BCUT2D eigenvalue weighted by Gasteiger charge is 2.31. The van der Waals surface area contributed by atoms with Crippen LogP contribution in [0.2, 0.25) is 0 Å². The zero-order valence-electron chi connectivity index (χ0n) is 22.5. The molecule has 1 aliphatic heterocycles. The Balaban J connectivity index is 1.41. The van der Waals surface area contributed by atoms with Gasteiger partial charge in [0, 0.05) is 55.9 Å². The molecule has 39 heavy (non-hydrogen) atoms. The molecule has 1 saturated heterocycles. The molecule has 0 unspecified atom stereocenters. The molecule has 6 rings (SSSR count). The highest BCUT2D eigenvalue weighted by Crippen LogP contribution is 2.50. The number of aryl methyl sites for hydroxylation is 1. The summed E-state index contributed by atoms with van der Waals surface area (Å²) >= 11 is 0. The SMILES string of the molecule is [C-]#[N+]c1cc(-c2ccnc3cc(-c4ccc(C(=O)N(C)C)cc4C)oc23)cc(C2CC2)c1OC1CCOCC1. The molecule has 1 saturated carbocycles. The van der Waals surface area contributed by atoms with Gasteiger partial charge in [-0.15, -0.1) is 0 Å². The van der Waals surface area contributed by atoms with Gasteiger partial charge in [0.2, 0.25) is 5.69 Å². The van der Waals surface area contributed by atoms with E-state index >= 15 is 0 Å². The van der Waals surface area contributed by atoms with Crippen LogP contribution in [0.3, 0.4) is 0 Å². The van der Waals surface area contributed by atoms with E-state index in [2.05, 4.69) is 15.9 Å². The van der Waals surface area contributed by atoms with Crippen molar-refractivity contribution in [1.29, 1.82) is 0 Å². The first-order valence-electron chi connectivity index (χ1n) is 13.4. The van der Waals surface area contributed by atoms with Crippen LogP contribution in [-0.4, -0.2) is 49.2 Å². The van der Waals surface area contributed by atoms with Gasteiger partial charge in [0.05, 0.1) is 19.8 Å². The van der Waals surface area contributed by atoms with E-state index < -0.39 is 0 Å². The molecule has 0 atom stereocenters. The Bertz CT molecular complexity index is 1600. The molecule has 2 aromatic carbocycles. The van der Waals surface area contributed by atoms with Gasteiger partial charge in [-0.25, -0.2) is 4.85 Å². The first-order chi connectivity index (χ1) is 18.9. The van der Waals surface area contributed by atoms with Crippen molar-refractivity contribution < 1.29 is 18.7 Å². The van der Waals surface area contributed by atoms with Gasteiger partial charge in [0.15, 0.2) is 5.58 Å². The summed E-state index contributed by atoms with van der Waals surface area (Å²) in [6.07, 6.45) is 5.75. The number of amides is 1. The van der Waals surface area contributed by atoms with Crippen LogP contribution >= 0.6 is 0 Å². The number of pyridine rings is 1. The number of benzene rings is 2. The molecular formula is C32H31N3O4. The number of carbonyl (C=O) groups excluding carboxylic acids is 1. The van der Waals surface area contributed by atoms with E-state index in [1.54, 1.807) is 25.2 Å². The second-order valence-corrected chi connectivity index (χ2v) is 10.6. The fourth-order valence-corrected chi connectivity index (χ4v) is 5.29. The van der Waals surface area contributed by atoms with Crippen LogP contribution in [0.1, 0.15) is 53.1 Å². The second-order valence-electron chi connectivity index (χ2n) is 10.6. The van der Waals surface area contributed by atoms with Crippen molar-refractivity contribution in [3.63, 3.8) is 0 Å². The molecule has 198 valence electrons. The summed E-state index contributed by atoms with van der Waals surface area (Å²) in [6, 6.07) is 13.6. The van der Waals surface area contributed by atoms with Crippen molar-refractivity contribution in [1.82, 2.24) is 9.88 Å². The number of furan rings is 1. The lowest BCUT2D eigenvalue weighted by Gasteiger charge is -2.26. The molecule has 0 N–H and O–H groups in total. The Morgan fingerprint density at radius 3 is 2.54 bits per heavy atom. The minimum absolute atomic E-state index is 0.0375. The van der Waals surface area contributed by atoms with Crippen LogP contribution in [0.25, 0.3) is 38.4 Å². The topological polar surface area (TPSA) is 69.2 Å². The van der Waals surface area contributed by atoms with E-state index in [1.807, 2.05) is 43.3 Å². The minimum atomic E-state index is -0.0375. The lowest BCUT2D eigenvalue weighted by Crippen LogP contribution is -2.26. The first-order valence-corrected chi connectivity index (χ1v) is 13.4. The average molecular weight is 522 g/mol. The van der Waals surface area contributed by atoms with Crippen LogP contribution in [-0.2, 0) is 4.74 Å². The number of hydrogen-bond acceptors (Lipinski definition) is 5. The van der Waals surface area contributed by atoms with Crippen LogP contribution in [0.15, 0.2) is 53.1 Å². The highest BCUT2D eigenvalue weighted by molar-refractivity contribution is 5.96. The summed E-state index contributed by atoms with van der Waals surface area (Å²) < 4.78 is 18.4. The van der Waals surface area contributed by atoms with Gasteiger partial charge in [-0.05, 0) is 72.7 Å². The third-order valence-electron chi connectivity index (χ3n) is 7.56. The Kier molecular flexibility index (Phi) is 6.58. The molecule has 2 aliphatic rings. The van der Waals surface area contributed by atoms with E-state index in [1.165, 1.54) is 0 Å². The van der Waals surface area contributed by atoms with Crippen molar-refractivity contribution in [2.24, 2.45) is 0 Å². The molecule has 2 fully saturated rings. The smallest absolute Gasteiger partial charge is 0.253 e. The van der Waals surface area contributed by atoms with Gasteiger partial charge in [-0.2, -0.15) is 0 Å². The molecular weight excluding hydrogens is 490 g/mol. The zero-order chi connectivity index (χ0) is 27.1. The molecule has 2 aromatic heterocycles. The molecule has 4 aromatic rings. The molecule has 3 heterocycles. The van der Waals surface area contributed by atoms with E-state index in [-0.39, 0.29) is 12.0 Å². The molecule has 0 bridgehead atoms. The predicted molar refractivity (Wildman–Crippen MR) is 150 cm³/mol. The number of carbonyl (C=O) groups is 1. The van der Waals surface area contributed by atoms with Crippen LogP contribution in [0.4, 0.5) is 5.69 Å². The molecule has 7 heteroatoms. The monoisotopic (exact) mass is 521 g/mol. The maximum Gasteiger partial charge on any atom is 0.253 e. The third kappa shape index (κ3) is 4.88. The largest absolute Gasteiger partial charge is 0.501 e. The van der Waals surface area contributed by atoms with E-state index in [0.717, 1.165) is 64.8 Å². The first kappa shape index (κ1) is 25.1. The normalized spacial score (nSPS) is 15.7. The van der Waals surface area contributed by atoms with Gasteiger partial charge in [0.1, 0.15) is 23.1 Å². The summed E-state index contributed by atoms with van der Waals surface area (Å²) in [6.45, 7) is 11.3. The Morgan fingerprint density at radius 1 is 1.05 bits per heavy atom. The molecule has 0 spiro atoms. The summed E-state index contributed by atoms with van der Waals surface area (Å²) in [5.74, 6) is 1.80. The number of hydrogen-bond donors (Lipinski definition) is 0. The third-order valence-corrected chi connectivity index (χ3v) is 7.56. The number of rotatable bonds is 6. The summed E-state index contributed by atoms with van der Waals surface area (Å²) in [5.41, 5.74) is 7.39. The molecule has 0 radical (unpaired) electrons. The maximum atomic E-state index is 12.4. The van der Waals surface area contributed by atoms with Crippen molar-refractivity contribution in [2.45, 2.75) is 44.6 Å². The number of nitrogens with zero attached hydrogens (tertiary/aromatic N) is 3. The number of fused-ring (bicyclic) bond motifs is 1. The van der Waals surface area contributed by atoms with Crippen molar-refractivity contribution in [2.75, 3.05) is 27.3 Å². The fraction of sp³-hybridized carbons (Fsp3) is 0.344. The Hall–Kier alpha value is -4.15. The van der Waals surface area contributed by atoms with Crippen LogP contribution in [0.5, 0.6) is 5.75 Å². The van der Waals surface area contributed by atoms with Gasteiger partial charge in [0.25, 0.3) is 5.91 Å².